The van der Waals surface area contributed by atoms with Crippen LogP contribution in [0.3, 0.4) is 0 Å². The van der Waals surface area contributed by atoms with Crippen LogP contribution in [0.5, 0.6) is 0 Å². The van der Waals surface area contributed by atoms with Gasteiger partial charge >= 0.3 is 0 Å². The number of aryl methyl sites for hydroxylation is 1. The number of nitrogens with one attached hydrogen (secondary N) is 1. The van der Waals surface area contributed by atoms with Crippen LogP contribution in [0, 0.1) is 0 Å². The number of Topliss-reactive ketones (excluding diaryl/α,β-unsaturated/α-hetero) is 1. The third-order valence-corrected chi connectivity index (χ3v) is 6.87. The third kappa shape index (κ3) is 5.65. The average Bonchev–Trinajstić information content (AvgIpc) is 3.51. The summed E-state index contributed by atoms with van der Waals surface area (Å²) in [6, 6.07) is 8.33. The summed E-state index contributed by atoms with van der Waals surface area (Å²) in [6.45, 7) is 10.8. The van der Waals surface area contributed by atoms with E-state index >= 15 is 0 Å². The minimum absolute atomic E-state index is 0.0706. The Morgan fingerprint density at radius 1 is 1.21 bits per heavy atom. The van der Waals surface area contributed by atoms with Gasteiger partial charge in [0.25, 0.3) is 5.89 Å². The molecule has 4 heterocycles. The van der Waals surface area contributed by atoms with Gasteiger partial charge in [0.2, 0.25) is 17.6 Å². The first-order valence-electron chi connectivity index (χ1n) is 13.0. The number of hydrogen-bond donors (Lipinski definition) is 1. The van der Waals surface area contributed by atoms with Gasteiger partial charge in [-0.15, -0.1) is 10.2 Å². The number of rotatable bonds is 7. The molecule has 3 aromatic heterocycles. The lowest BCUT2D eigenvalue weighted by molar-refractivity contribution is 0.0934. The van der Waals surface area contributed by atoms with E-state index in [2.05, 4.69) is 55.6 Å². The van der Waals surface area contributed by atoms with Gasteiger partial charge in [-0.05, 0) is 48.7 Å². The zero-order valence-corrected chi connectivity index (χ0v) is 22.6. The molecule has 0 unspecified atom stereocenters. The smallest absolute Gasteiger partial charge is 0.284 e. The largest absolute Gasteiger partial charge is 0.418 e. The molecular formula is C28H34N8O2. The quantitative estimate of drug-likeness (QED) is 0.344. The summed E-state index contributed by atoms with van der Waals surface area (Å²) in [4.78, 5) is 24.7. The number of hydrogen-bond acceptors (Lipinski definition) is 9. The highest BCUT2D eigenvalue weighted by atomic mass is 16.4. The molecule has 4 aromatic rings. The summed E-state index contributed by atoms with van der Waals surface area (Å²) in [5.74, 6) is 1.05. The molecule has 5 rings (SSSR count). The monoisotopic (exact) mass is 514 g/mol. The summed E-state index contributed by atoms with van der Waals surface area (Å²) in [7, 11) is 1.86. The molecule has 0 saturated heterocycles. The maximum Gasteiger partial charge on any atom is 0.284 e. The Kier molecular flexibility index (Phi) is 7.07. The molecule has 0 bridgehead atoms. The average molecular weight is 515 g/mol. The summed E-state index contributed by atoms with van der Waals surface area (Å²) in [5, 5.41) is 15.5. The number of carbonyl (C=O) groups is 1. The lowest BCUT2D eigenvalue weighted by Crippen LogP contribution is -2.22. The molecule has 1 N–H and O–H groups in total. The molecule has 1 aromatic carbocycles. The van der Waals surface area contributed by atoms with Gasteiger partial charge in [-0.25, -0.2) is 9.97 Å². The SMILES string of the molecule is CCN1CC[C@@H](CC(=O)c2nnc(C(C)(C)C)o2)c2ccc(-c3ccnc(Nc4cnn(C)c4)n3)cc2C1. The van der Waals surface area contributed by atoms with Gasteiger partial charge in [-0.1, -0.05) is 39.8 Å². The Labute approximate surface area is 222 Å². The Balaban J connectivity index is 1.40. The highest BCUT2D eigenvalue weighted by Gasteiger charge is 2.28. The molecule has 10 nitrogen and oxygen atoms in total. The van der Waals surface area contributed by atoms with Crippen LogP contribution in [0.15, 0.2) is 47.3 Å². The maximum atomic E-state index is 13.2. The van der Waals surface area contributed by atoms with Gasteiger partial charge in [0, 0.05) is 43.4 Å². The zero-order valence-electron chi connectivity index (χ0n) is 22.6. The van der Waals surface area contributed by atoms with E-state index in [1.54, 1.807) is 17.1 Å². The standard InChI is InChI=1S/C28H34N8O2/c1-6-36-12-10-18(14-24(37)25-33-34-26(38-25)28(2,3)4)22-8-7-19(13-20(22)16-36)23-9-11-29-27(32-23)31-21-15-30-35(5)17-21/h7-9,11,13,15,17-18H,6,10,12,14,16H2,1-5H3,(H,29,31,32)/t18-/m0/s1. The van der Waals surface area contributed by atoms with Crippen LogP contribution in [0.25, 0.3) is 11.3 Å². The van der Waals surface area contributed by atoms with E-state index in [1.165, 1.54) is 11.1 Å². The normalized spacial score (nSPS) is 16.2. The van der Waals surface area contributed by atoms with Crippen molar-refractivity contribution in [1.29, 1.82) is 0 Å². The molecule has 0 aliphatic carbocycles. The number of ketones is 1. The number of nitrogens with zero attached hydrogens (tertiary/aromatic N) is 7. The van der Waals surface area contributed by atoms with E-state index < -0.39 is 0 Å². The first-order valence-corrected chi connectivity index (χ1v) is 13.0. The summed E-state index contributed by atoms with van der Waals surface area (Å²) < 4.78 is 7.46. The molecule has 38 heavy (non-hydrogen) atoms. The van der Waals surface area contributed by atoms with Crippen molar-refractivity contribution in [1.82, 2.24) is 34.8 Å². The molecule has 10 heteroatoms. The van der Waals surface area contributed by atoms with Gasteiger partial charge in [0.1, 0.15) is 0 Å². The van der Waals surface area contributed by atoms with Gasteiger partial charge in [0.15, 0.2) is 0 Å². The lowest BCUT2D eigenvalue weighted by atomic mass is 9.87. The van der Waals surface area contributed by atoms with Crippen molar-refractivity contribution in [2.75, 3.05) is 18.4 Å². The Morgan fingerprint density at radius 3 is 2.76 bits per heavy atom. The van der Waals surface area contributed by atoms with Crippen LogP contribution >= 0.6 is 0 Å². The number of carbonyl (C=O) groups excluding carboxylic acids is 1. The molecule has 1 aliphatic rings. The molecule has 0 saturated carbocycles. The number of anilines is 2. The minimum atomic E-state index is -0.299. The third-order valence-electron chi connectivity index (χ3n) is 6.87. The van der Waals surface area contributed by atoms with E-state index in [9.17, 15) is 4.79 Å². The predicted molar refractivity (Wildman–Crippen MR) is 144 cm³/mol. The summed E-state index contributed by atoms with van der Waals surface area (Å²) in [6.07, 6.45) is 6.58. The van der Waals surface area contributed by atoms with Crippen molar-refractivity contribution in [3.63, 3.8) is 0 Å². The van der Waals surface area contributed by atoms with E-state index in [-0.39, 0.29) is 23.0 Å². The molecule has 198 valence electrons. The molecule has 0 radical (unpaired) electrons. The van der Waals surface area contributed by atoms with Gasteiger partial charge < -0.3 is 9.73 Å². The van der Waals surface area contributed by atoms with Crippen LogP contribution in [0.1, 0.15) is 74.2 Å². The highest BCUT2D eigenvalue weighted by Crippen LogP contribution is 2.35. The molecular weight excluding hydrogens is 480 g/mol. The molecule has 0 amide bonds. The number of benzene rings is 1. The Bertz CT molecular complexity index is 1430. The summed E-state index contributed by atoms with van der Waals surface area (Å²) in [5.41, 5.74) is 4.77. The first kappa shape index (κ1) is 25.7. The van der Waals surface area contributed by atoms with Crippen molar-refractivity contribution in [2.24, 2.45) is 7.05 Å². The van der Waals surface area contributed by atoms with Crippen LogP contribution in [0.4, 0.5) is 11.6 Å². The van der Waals surface area contributed by atoms with E-state index in [1.807, 2.05) is 40.1 Å². The van der Waals surface area contributed by atoms with Gasteiger partial charge in [-0.2, -0.15) is 5.10 Å². The Hall–Kier alpha value is -3.92. The molecule has 0 spiro atoms. The van der Waals surface area contributed by atoms with Crippen LogP contribution in [-0.2, 0) is 19.0 Å². The fourth-order valence-electron chi connectivity index (χ4n) is 4.74. The maximum absolute atomic E-state index is 13.2. The lowest BCUT2D eigenvalue weighted by Gasteiger charge is -2.18. The van der Waals surface area contributed by atoms with Crippen molar-refractivity contribution < 1.29 is 9.21 Å². The highest BCUT2D eigenvalue weighted by molar-refractivity contribution is 5.92. The molecule has 1 aliphatic heterocycles. The van der Waals surface area contributed by atoms with Crippen molar-refractivity contribution in [3.8, 4) is 11.3 Å². The zero-order chi connectivity index (χ0) is 26.9. The van der Waals surface area contributed by atoms with Crippen molar-refractivity contribution in [3.05, 3.63) is 65.8 Å². The second-order valence-corrected chi connectivity index (χ2v) is 10.9. The fraction of sp³-hybridized carbons (Fsp3) is 0.429. The Morgan fingerprint density at radius 2 is 2.05 bits per heavy atom. The van der Waals surface area contributed by atoms with Crippen LogP contribution in [-0.4, -0.2) is 53.7 Å². The second-order valence-electron chi connectivity index (χ2n) is 10.9. The predicted octanol–water partition coefficient (Wildman–Crippen LogP) is 4.88. The van der Waals surface area contributed by atoms with Gasteiger partial charge in [0.05, 0.1) is 17.6 Å². The first-order chi connectivity index (χ1) is 18.2. The van der Waals surface area contributed by atoms with E-state index in [0.717, 1.165) is 43.0 Å². The second kappa shape index (κ2) is 10.4. The number of aromatic nitrogens is 6. The van der Waals surface area contributed by atoms with Crippen molar-refractivity contribution in [2.45, 2.75) is 58.4 Å². The molecule has 1 atom stereocenters. The van der Waals surface area contributed by atoms with E-state index in [0.29, 0.717) is 18.3 Å². The minimum Gasteiger partial charge on any atom is -0.418 e. The van der Waals surface area contributed by atoms with Crippen molar-refractivity contribution >= 4 is 17.4 Å². The van der Waals surface area contributed by atoms with Crippen LogP contribution in [0.2, 0.25) is 0 Å². The number of fused-ring (bicyclic) bond motifs is 1. The topological polar surface area (TPSA) is 115 Å². The van der Waals surface area contributed by atoms with Gasteiger partial charge in [-0.3, -0.25) is 14.4 Å². The van der Waals surface area contributed by atoms with Crippen LogP contribution < -0.4 is 5.32 Å². The summed E-state index contributed by atoms with van der Waals surface area (Å²) >= 11 is 0. The molecule has 0 fully saturated rings. The fourth-order valence-corrected chi connectivity index (χ4v) is 4.74. The van der Waals surface area contributed by atoms with E-state index in [4.69, 9.17) is 9.40 Å².